The lowest BCUT2D eigenvalue weighted by molar-refractivity contribution is -0.123. The Bertz CT molecular complexity index is 823. The van der Waals surface area contributed by atoms with Crippen LogP contribution in [0.15, 0.2) is 30.3 Å². The summed E-state index contributed by atoms with van der Waals surface area (Å²) in [4.78, 5) is 12.7. The molecule has 6 heteroatoms. The predicted molar refractivity (Wildman–Crippen MR) is 98.4 cm³/mol. The molecule has 0 aromatic heterocycles. The van der Waals surface area contributed by atoms with Gasteiger partial charge in [-0.1, -0.05) is 18.5 Å². The van der Waals surface area contributed by atoms with Gasteiger partial charge in [-0.2, -0.15) is 0 Å². The molecule has 0 aliphatic carbocycles. The molecule has 1 amide bonds. The number of nitrogens with two attached hydrogens (primary N) is 1. The van der Waals surface area contributed by atoms with E-state index in [2.05, 4.69) is 5.32 Å². The second-order valence-corrected chi connectivity index (χ2v) is 6.45. The number of hydrogen-bond acceptors (Lipinski definition) is 4. The molecule has 2 aromatic carbocycles. The summed E-state index contributed by atoms with van der Waals surface area (Å²) >= 11 is 6.15. The maximum absolute atomic E-state index is 12.7. The van der Waals surface area contributed by atoms with Crippen molar-refractivity contribution in [2.75, 3.05) is 20.0 Å². The van der Waals surface area contributed by atoms with E-state index in [1.165, 1.54) is 0 Å². The first-order chi connectivity index (χ1) is 12.0. The molecule has 0 saturated carbocycles. The van der Waals surface area contributed by atoms with Crippen molar-refractivity contribution < 1.29 is 14.3 Å². The number of amides is 1. The molecule has 0 saturated heterocycles. The molecular weight excluding hydrogens is 340 g/mol. The Kier molecular flexibility index (Phi) is 4.77. The van der Waals surface area contributed by atoms with Gasteiger partial charge in [0.15, 0.2) is 11.5 Å². The van der Waals surface area contributed by atoms with Gasteiger partial charge in [-0.3, -0.25) is 4.79 Å². The number of carbonyl (C=O) groups is 1. The summed E-state index contributed by atoms with van der Waals surface area (Å²) in [5.41, 5.74) is 9.36. The molecule has 3 N–H and O–H groups in total. The van der Waals surface area contributed by atoms with E-state index in [9.17, 15) is 4.79 Å². The van der Waals surface area contributed by atoms with Crippen LogP contribution in [0.5, 0.6) is 11.5 Å². The van der Waals surface area contributed by atoms with Gasteiger partial charge in [-0.05, 0) is 47.9 Å². The molecule has 0 bridgehead atoms. The van der Waals surface area contributed by atoms with Gasteiger partial charge >= 0.3 is 0 Å². The number of halogens is 1. The van der Waals surface area contributed by atoms with Gasteiger partial charge in [-0.25, -0.2) is 0 Å². The minimum Gasteiger partial charge on any atom is -0.493 e. The van der Waals surface area contributed by atoms with Crippen LogP contribution in [0.3, 0.4) is 0 Å². The van der Waals surface area contributed by atoms with Crippen LogP contribution in [-0.4, -0.2) is 20.1 Å². The Morgan fingerprint density at radius 2 is 1.72 bits per heavy atom. The van der Waals surface area contributed by atoms with E-state index in [0.717, 1.165) is 16.7 Å². The molecule has 5 nitrogen and oxygen atoms in total. The van der Waals surface area contributed by atoms with Crippen LogP contribution in [0.2, 0.25) is 5.02 Å². The van der Waals surface area contributed by atoms with Gasteiger partial charge in [-0.15, -0.1) is 0 Å². The number of methoxy groups -OCH3 is 2. The second-order valence-electron chi connectivity index (χ2n) is 6.01. The highest BCUT2D eigenvalue weighted by Gasteiger charge is 2.35. The normalized spacial score (nSPS) is 19.1. The van der Waals surface area contributed by atoms with Crippen molar-refractivity contribution in [3.05, 3.63) is 52.0 Å². The fourth-order valence-electron chi connectivity index (χ4n) is 3.37. The topological polar surface area (TPSA) is 73.6 Å². The summed E-state index contributed by atoms with van der Waals surface area (Å²) in [7, 11) is 3.17. The summed E-state index contributed by atoms with van der Waals surface area (Å²) in [5.74, 6) is 0.933. The molecule has 1 aliphatic rings. The van der Waals surface area contributed by atoms with Crippen molar-refractivity contribution in [1.82, 2.24) is 5.32 Å². The van der Waals surface area contributed by atoms with Crippen LogP contribution in [0.4, 0.5) is 5.69 Å². The highest BCUT2D eigenvalue weighted by molar-refractivity contribution is 6.30. The molecule has 1 aliphatic heterocycles. The van der Waals surface area contributed by atoms with Crippen molar-refractivity contribution in [3.8, 4) is 11.5 Å². The second kappa shape index (κ2) is 6.84. The van der Waals surface area contributed by atoms with Crippen LogP contribution in [0, 0.1) is 0 Å². The Morgan fingerprint density at radius 1 is 1.08 bits per heavy atom. The smallest absolute Gasteiger partial charge is 0.228 e. The Labute approximate surface area is 152 Å². The standard InChI is InChI=1S/C19H21ClN2O3/c1-4-11-12-8-16(24-2)17(25-3)9-13(12)18(22-19(11)23)14-7-10(20)5-6-15(14)21/h5-9,11,18H,4,21H2,1-3H3,(H,22,23). The molecule has 2 aromatic rings. The number of anilines is 1. The molecular formula is C19H21ClN2O3. The first kappa shape index (κ1) is 17.4. The van der Waals surface area contributed by atoms with E-state index in [-0.39, 0.29) is 17.9 Å². The number of nitrogen functional groups attached to an aromatic ring is 1. The zero-order valence-electron chi connectivity index (χ0n) is 14.4. The van der Waals surface area contributed by atoms with E-state index in [4.69, 9.17) is 26.8 Å². The number of benzene rings is 2. The van der Waals surface area contributed by atoms with Crippen LogP contribution in [0.1, 0.15) is 42.0 Å². The molecule has 0 spiro atoms. The summed E-state index contributed by atoms with van der Waals surface area (Å²) in [6.07, 6.45) is 0.687. The molecule has 132 valence electrons. The van der Waals surface area contributed by atoms with E-state index >= 15 is 0 Å². The van der Waals surface area contributed by atoms with Crippen molar-refractivity contribution in [2.24, 2.45) is 0 Å². The van der Waals surface area contributed by atoms with Gasteiger partial charge in [0.2, 0.25) is 5.91 Å². The summed E-state index contributed by atoms with van der Waals surface area (Å²) in [5, 5.41) is 3.64. The molecule has 25 heavy (non-hydrogen) atoms. The third-order valence-electron chi connectivity index (χ3n) is 4.65. The maximum atomic E-state index is 12.7. The highest BCUT2D eigenvalue weighted by Crippen LogP contribution is 2.43. The molecule has 0 fully saturated rings. The third-order valence-corrected chi connectivity index (χ3v) is 4.88. The van der Waals surface area contributed by atoms with Gasteiger partial charge in [0.25, 0.3) is 0 Å². The zero-order chi connectivity index (χ0) is 18.1. The lowest BCUT2D eigenvalue weighted by Gasteiger charge is -2.33. The molecule has 0 radical (unpaired) electrons. The summed E-state index contributed by atoms with van der Waals surface area (Å²) < 4.78 is 10.9. The zero-order valence-corrected chi connectivity index (χ0v) is 15.2. The Morgan fingerprint density at radius 3 is 2.32 bits per heavy atom. The number of ether oxygens (including phenoxy) is 2. The van der Waals surface area contributed by atoms with Crippen LogP contribution < -0.4 is 20.5 Å². The summed E-state index contributed by atoms with van der Waals surface area (Å²) in [6, 6.07) is 8.67. The Balaban J connectivity index is 2.23. The lowest BCUT2D eigenvalue weighted by Crippen LogP contribution is -2.39. The number of hydrogen-bond donors (Lipinski definition) is 2. The number of nitrogens with one attached hydrogen (secondary N) is 1. The van der Waals surface area contributed by atoms with Crippen LogP contribution >= 0.6 is 11.6 Å². The van der Waals surface area contributed by atoms with Gasteiger partial charge in [0.1, 0.15) is 0 Å². The van der Waals surface area contributed by atoms with Crippen molar-refractivity contribution in [3.63, 3.8) is 0 Å². The molecule has 2 unspecified atom stereocenters. The molecule has 2 atom stereocenters. The van der Waals surface area contributed by atoms with Crippen LogP contribution in [0.25, 0.3) is 0 Å². The highest BCUT2D eigenvalue weighted by atomic mass is 35.5. The maximum Gasteiger partial charge on any atom is 0.228 e. The van der Waals surface area contributed by atoms with Gasteiger partial charge < -0.3 is 20.5 Å². The minimum absolute atomic E-state index is 0.0356. The number of rotatable bonds is 4. The van der Waals surface area contributed by atoms with E-state index in [0.29, 0.717) is 28.6 Å². The summed E-state index contributed by atoms with van der Waals surface area (Å²) in [6.45, 7) is 1.98. The van der Waals surface area contributed by atoms with Crippen LogP contribution in [-0.2, 0) is 4.79 Å². The fraction of sp³-hybridized carbons (Fsp3) is 0.316. The first-order valence-corrected chi connectivity index (χ1v) is 8.49. The minimum atomic E-state index is -0.385. The third kappa shape index (κ3) is 3.00. The quantitative estimate of drug-likeness (QED) is 0.816. The van der Waals surface area contributed by atoms with Crippen molar-refractivity contribution >= 4 is 23.2 Å². The monoisotopic (exact) mass is 360 g/mol. The molecule has 3 rings (SSSR count). The SMILES string of the molecule is CCC1C(=O)NC(c2cc(Cl)ccc2N)c2cc(OC)c(OC)cc21. The fourth-order valence-corrected chi connectivity index (χ4v) is 3.55. The van der Waals surface area contributed by atoms with E-state index < -0.39 is 0 Å². The lowest BCUT2D eigenvalue weighted by atomic mass is 9.81. The Hall–Kier alpha value is -2.40. The van der Waals surface area contributed by atoms with Crippen molar-refractivity contribution in [2.45, 2.75) is 25.3 Å². The van der Waals surface area contributed by atoms with Gasteiger partial charge in [0.05, 0.1) is 26.2 Å². The van der Waals surface area contributed by atoms with Gasteiger partial charge in [0, 0.05) is 16.3 Å². The molecule has 1 heterocycles. The number of carbonyl (C=O) groups excluding carboxylic acids is 1. The average molecular weight is 361 g/mol. The van der Waals surface area contributed by atoms with E-state index in [1.54, 1.807) is 32.4 Å². The largest absolute Gasteiger partial charge is 0.493 e. The van der Waals surface area contributed by atoms with Crippen molar-refractivity contribution in [1.29, 1.82) is 0 Å². The average Bonchev–Trinajstić information content (AvgIpc) is 2.62. The predicted octanol–water partition coefficient (Wildman–Crippen LogP) is 3.65. The number of fused-ring (bicyclic) bond motifs is 1. The van der Waals surface area contributed by atoms with E-state index in [1.807, 2.05) is 19.1 Å². The first-order valence-electron chi connectivity index (χ1n) is 8.11.